The van der Waals surface area contributed by atoms with Gasteiger partial charge in [-0.15, -0.1) is 6.42 Å². The molecule has 0 fully saturated rings. The van der Waals surface area contributed by atoms with Gasteiger partial charge in [0, 0.05) is 36.3 Å². The number of benzene rings is 1. The third-order valence-electron chi connectivity index (χ3n) is 4.52. The number of fused-ring (bicyclic) bond motifs is 1. The van der Waals surface area contributed by atoms with Gasteiger partial charge in [0.1, 0.15) is 24.2 Å². The summed E-state index contributed by atoms with van der Waals surface area (Å²) in [7, 11) is 1.74. The lowest BCUT2D eigenvalue weighted by Crippen LogP contribution is -2.30. The number of hydrogen-bond acceptors (Lipinski definition) is 5. The van der Waals surface area contributed by atoms with Crippen molar-refractivity contribution in [2.45, 2.75) is 12.5 Å². The Morgan fingerprint density at radius 3 is 2.93 bits per heavy atom. The molecule has 0 aliphatic heterocycles. The molecule has 3 rings (SSSR count). The van der Waals surface area contributed by atoms with Gasteiger partial charge in [-0.05, 0) is 29.8 Å². The van der Waals surface area contributed by atoms with Crippen molar-refractivity contribution in [3.8, 4) is 12.3 Å². The maximum atomic E-state index is 14.5. The van der Waals surface area contributed by atoms with Gasteiger partial charge < -0.3 is 14.8 Å². The summed E-state index contributed by atoms with van der Waals surface area (Å²) in [6.07, 6.45) is 5.92. The van der Waals surface area contributed by atoms with E-state index in [2.05, 4.69) is 16.4 Å². The van der Waals surface area contributed by atoms with Crippen LogP contribution in [0.25, 0.3) is 11.0 Å². The number of hydrogen-bond donors (Lipinski definition) is 3. The highest BCUT2D eigenvalue weighted by molar-refractivity contribution is 6.07. The van der Waals surface area contributed by atoms with Crippen LogP contribution in [0.5, 0.6) is 0 Å². The highest BCUT2D eigenvalue weighted by atomic mass is 19.1. The van der Waals surface area contributed by atoms with Crippen molar-refractivity contribution in [1.82, 2.24) is 15.0 Å². The van der Waals surface area contributed by atoms with E-state index in [4.69, 9.17) is 16.4 Å². The van der Waals surface area contributed by atoms with E-state index in [1.54, 1.807) is 42.1 Å². The van der Waals surface area contributed by atoms with E-state index >= 15 is 0 Å². The summed E-state index contributed by atoms with van der Waals surface area (Å²) in [5.74, 6) is 1.35. The Kier molecular flexibility index (Phi) is 6.24. The van der Waals surface area contributed by atoms with Crippen LogP contribution >= 0.6 is 0 Å². The summed E-state index contributed by atoms with van der Waals surface area (Å²) in [6, 6.07) is 7.93. The third kappa shape index (κ3) is 4.27. The van der Waals surface area contributed by atoms with E-state index < -0.39 is 24.4 Å². The monoisotopic (exact) mass is 397 g/mol. The number of carbonyl (C=O) groups is 1. The standard InChI is InChI=1S/C21H20FN3O4/c1-3-13-6-7-14(17(22)9-13)10-18-19(21(28)24-29-12-15(27)11-26)16-5-4-8-23-20(16)25(18)2/h1,4-9,15,26-27H,10-12H2,2H3,(H,24,28)/t15-/m1/s1. The summed E-state index contributed by atoms with van der Waals surface area (Å²) in [4.78, 5) is 22.1. The molecule has 0 saturated heterocycles. The molecule has 0 bridgehead atoms. The molecule has 0 aliphatic rings. The maximum Gasteiger partial charge on any atom is 0.277 e. The molecule has 1 amide bonds. The highest BCUT2D eigenvalue weighted by Gasteiger charge is 2.23. The average Bonchev–Trinajstić information content (AvgIpc) is 3.01. The van der Waals surface area contributed by atoms with E-state index in [9.17, 15) is 14.3 Å². The van der Waals surface area contributed by atoms with Gasteiger partial charge >= 0.3 is 0 Å². The van der Waals surface area contributed by atoms with Gasteiger partial charge in [0.2, 0.25) is 0 Å². The predicted molar refractivity (Wildman–Crippen MR) is 104 cm³/mol. The van der Waals surface area contributed by atoms with Gasteiger partial charge in [-0.3, -0.25) is 9.63 Å². The molecule has 29 heavy (non-hydrogen) atoms. The fourth-order valence-electron chi connectivity index (χ4n) is 3.04. The number of hydroxylamine groups is 1. The maximum absolute atomic E-state index is 14.5. The number of nitrogens with one attached hydrogen (secondary N) is 1. The van der Waals surface area contributed by atoms with Crippen LogP contribution in [0.15, 0.2) is 36.5 Å². The van der Waals surface area contributed by atoms with Gasteiger partial charge in [-0.1, -0.05) is 12.0 Å². The van der Waals surface area contributed by atoms with Crippen molar-refractivity contribution in [2.75, 3.05) is 13.2 Å². The van der Waals surface area contributed by atoms with Gasteiger partial charge in [0.15, 0.2) is 0 Å². The number of aliphatic hydroxyl groups excluding tert-OH is 2. The number of pyridine rings is 1. The number of carbonyl (C=O) groups excluding carboxylic acids is 1. The Morgan fingerprint density at radius 2 is 2.24 bits per heavy atom. The number of halogens is 1. The Balaban J connectivity index is 1.98. The lowest BCUT2D eigenvalue weighted by molar-refractivity contribution is -0.0295. The van der Waals surface area contributed by atoms with E-state index in [1.807, 2.05) is 0 Å². The minimum atomic E-state index is -1.12. The highest BCUT2D eigenvalue weighted by Crippen LogP contribution is 2.27. The van der Waals surface area contributed by atoms with Crippen molar-refractivity contribution >= 4 is 16.9 Å². The topological polar surface area (TPSA) is 96.6 Å². The quantitative estimate of drug-likeness (QED) is 0.413. The number of nitrogens with zero attached hydrogens (tertiary/aromatic N) is 2. The Labute approximate surface area is 166 Å². The number of aryl methyl sites for hydroxylation is 1. The summed E-state index contributed by atoms with van der Waals surface area (Å²) in [6.45, 7) is -0.769. The molecule has 3 aromatic rings. The van der Waals surface area contributed by atoms with Gasteiger partial charge in [0.05, 0.1) is 12.2 Å². The number of amides is 1. The van der Waals surface area contributed by atoms with E-state index in [1.165, 1.54) is 6.07 Å². The van der Waals surface area contributed by atoms with Crippen LogP contribution < -0.4 is 5.48 Å². The number of aliphatic hydroxyl groups is 2. The molecule has 7 nitrogen and oxygen atoms in total. The second-order valence-electron chi connectivity index (χ2n) is 6.46. The van der Waals surface area contributed by atoms with E-state index in [0.29, 0.717) is 27.9 Å². The van der Waals surface area contributed by atoms with Crippen molar-refractivity contribution < 1.29 is 24.2 Å². The molecular weight excluding hydrogens is 377 g/mol. The van der Waals surface area contributed by atoms with E-state index in [0.717, 1.165) is 0 Å². The van der Waals surface area contributed by atoms with Gasteiger partial charge in [-0.2, -0.15) is 0 Å². The molecule has 0 spiro atoms. The van der Waals surface area contributed by atoms with Crippen molar-refractivity contribution in [2.24, 2.45) is 7.05 Å². The SMILES string of the molecule is C#Cc1ccc(Cc2c(C(=O)NOC[C@H](O)CO)c3cccnc3n2C)c(F)c1. The molecule has 0 aliphatic carbocycles. The minimum Gasteiger partial charge on any atom is -0.394 e. The van der Waals surface area contributed by atoms with Crippen LogP contribution in [-0.2, 0) is 18.3 Å². The van der Waals surface area contributed by atoms with Crippen molar-refractivity contribution in [1.29, 1.82) is 0 Å². The zero-order valence-electron chi connectivity index (χ0n) is 15.7. The first-order valence-corrected chi connectivity index (χ1v) is 8.84. The second kappa shape index (κ2) is 8.84. The molecule has 0 saturated carbocycles. The molecule has 0 unspecified atom stereocenters. The summed E-state index contributed by atoms with van der Waals surface area (Å²) < 4.78 is 16.2. The lowest BCUT2D eigenvalue weighted by Gasteiger charge is -2.11. The first kappa shape index (κ1) is 20.5. The Hall–Kier alpha value is -3.25. The molecule has 1 aromatic carbocycles. The second-order valence-corrected chi connectivity index (χ2v) is 6.46. The minimum absolute atomic E-state index is 0.131. The van der Waals surface area contributed by atoms with Crippen LogP contribution in [0, 0.1) is 18.2 Å². The van der Waals surface area contributed by atoms with Crippen LogP contribution in [0.4, 0.5) is 4.39 Å². The van der Waals surface area contributed by atoms with Crippen molar-refractivity contribution in [3.63, 3.8) is 0 Å². The number of terminal acetylenes is 1. The molecule has 1 atom stereocenters. The fourth-order valence-corrected chi connectivity index (χ4v) is 3.04. The molecule has 2 aromatic heterocycles. The molecule has 8 heteroatoms. The average molecular weight is 397 g/mol. The van der Waals surface area contributed by atoms with Gasteiger partial charge in [-0.25, -0.2) is 14.9 Å². The van der Waals surface area contributed by atoms with E-state index in [-0.39, 0.29) is 18.6 Å². The lowest BCUT2D eigenvalue weighted by atomic mass is 10.0. The van der Waals surface area contributed by atoms with Crippen molar-refractivity contribution in [3.05, 3.63) is 64.7 Å². The largest absolute Gasteiger partial charge is 0.394 e. The first-order chi connectivity index (χ1) is 14.0. The zero-order valence-corrected chi connectivity index (χ0v) is 15.7. The fraction of sp³-hybridized carbons (Fsp3) is 0.238. The smallest absolute Gasteiger partial charge is 0.277 e. The van der Waals surface area contributed by atoms with Gasteiger partial charge in [0.25, 0.3) is 5.91 Å². The Morgan fingerprint density at radius 1 is 1.45 bits per heavy atom. The normalized spacial score (nSPS) is 12.0. The summed E-state index contributed by atoms with van der Waals surface area (Å²) in [5.41, 5.74) is 4.44. The predicted octanol–water partition coefficient (Wildman–Crippen LogP) is 1.30. The first-order valence-electron chi connectivity index (χ1n) is 8.84. The number of rotatable bonds is 7. The number of aromatic nitrogens is 2. The molecular formula is C21H20FN3O4. The van der Waals surface area contributed by atoms with Crippen LogP contribution in [0.2, 0.25) is 0 Å². The summed E-state index contributed by atoms with van der Waals surface area (Å²) in [5, 5.41) is 18.8. The molecule has 0 radical (unpaired) electrons. The van der Waals surface area contributed by atoms with Crippen LogP contribution in [0.1, 0.15) is 27.2 Å². The third-order valence-corrected chi connectivity index (χ3v) is 4.52. The molecule has 2 heterocycles. The zero-order chi connectivity index (χ0) is 21.0. The summed E-state index contributed by atoms with van der Waals surface area (Å²) >= 11 is 0. The Bertz CT molecular complexity index is 1090. The molecule has 150 valence electrons. The van der Waals surface area contributed by atoms with Crippen LogP contribution in [0.3, 0.4) is 0 Å². The van der Waals surface area contributed by atoms with Crippen LogP contribution in [-0.4, -0.2) is 45.0 Å². The molecule has 3 N–H and O–H groups in total.